The van der Waals surface area contributed by atoms with E-state index in [1.165, 1.54) is 0 Å². The van der Waals surface area contributed by atoms with Crippen LogP contribution in [0, 0.1) is 5.92 Å². The van der Waals surface area contributed by atoms with E-state index >= 15 is 0 Å². The smallest absolute Gasteiger partial charge is 0.408 e. The zero-order valence-corrected chi connectivity index (χ0v) is 18.8. The Labute approximate surface area is 188 Å². The molecule has 0 aromatic heterocycles. The van der Waals surface area contributed by atoms with Crippen molar-refractivity contribution in [2.24, 2.45) is 11.7 Å². The Morgan fingerprint density at radius 1 is 1.17 bits per heavy atom. The number of nitrogens with one attached hydrogen (secondary N) is 2. The van der Waals surface area contributed by atoms with Gasteiger partial charge in [-0.3, -0.25) is 24.8 Å². The lowest BCUT2D eigenvalue weighted by Gasteiger charge is -2.26. The molecule has 0 spiro atoms. The third-order valence-electron chi connectivity index (χ3n) is 3.77. The number of amides is 4. The molecule has 0 bridgehead atoms. The third kappa shape index (κ3) is 10.9. The second-order valence-electron chi connectivity index (χ2n) is 6.76. The molecule has 4 amide bonds. The van der Waals surface area contributed by atoms with Gasteiger partial charge in [0.05, 0.1) is 6.54 Å². The van der Waals surface area contributed by atoms with Crippen molar-refractivity contribution in [3.63, 3.8) is 0 Å². The number of primary amides is 1. The molecule has 0 unspecified atom stereocenters. The third-order valence-corrected chi connectivity index (χ3v) is 4.00. The molecular weight excluding hydrogens is 432 g/mol. The number of hydrogen-bond donors (Lipinski definition) is 3. The molecule has 0 aliphatic carbocycles. The lowest BCUT2D eigenvalue weighted by atomic mass is 10.0. The number of hydrazine groups is 1. The van der Waals surface area contributed by atoms with Crippen LogP contribution in [0.2, 0.25) is 0 Å². The molecule has 1 atom stereocenters. The molecule has 1 aromatic carbocycles. The Hall–Kier alpha value is -2.46. The number of carbonyl (C=O) groups is 4. The molecule has 1 aromatic rings. The van der Waals surface area contributed by atoms with Gasteiger partial charge in [-0.05, 0) is 17.9 Å². The van der Waals surface area contributed by atoms with E-state index in [1.807, 2.05) is 32.0 Å². The summed E-state index contributed by atoms with van der Waals surface area (Å²) in [6.45, 7) is 3.69. The van der Waals surface area contributed by atoms with Crippen LogP contribution in [-0.2, 0) is 25.7 Å². The van der Waals surface area contributed by atoms with E-state index in [9.17, 15) is 19.2 Å². The van der Waals surface area contributed by atoms with E-state index in [-0.39, 0.29) is 44.9 Å². The lowest BCUT2D eigenvalue weighted by molar-refractivity contribution is -0.141. The first-order chi connectivity index (χ1) is 13.7. The highest BCUT2D eigenvalue weighted by molar-refractivity contribution is 7.59. The van der Waals surface area contributed by atoms with Crippen molar-refractivity contribution in [1.29, 1.82) is 0 Å². The fourth-order valence-electron chi connectivity index (χ4n) is 2.36. The van der Waals surface area contributed by atoms with Crippen LogP contribution < -0.4 is 16.5 Å². The number of hydrogen-bond acceptors (Lipinski definition) is 5. The molecule has 0 saturated carbocycles. The second-order valence-corrected chi connectivity index (χ2v) is 7.03. The van der Waals surface area contributed by atoms with Crippen LogP contribution in [0.4, 0.5) is 4.79 Å². The van der Waals surface area contributed by atoms with Crippen molar-refractivity contribution < 1.29 is 23.9 Å². The van der Waals surface area contributed by atoms with E-state index in [2.05, 4.69) is 10.7 Å². The van der Waals surface area contributed by atoms with Gasteiger partial charge in [0.15, 0.2) is 0 Å². The quantitative estimate of drug-likeness (QED) is 0.359. The fraction of sp³-hybridized carbons (Fsp3) is 0.474. The second kappa shape index (κ2) is 14.5. The summed E-state index contributed by atoms with van der Waals surface area (Å²) in [5.41, 5.74) is 8.28. The highest BCUT2D eigenvalue weighted by atomic mass is 35.5. The van der Waals surface area contributed by atoms with Crippen molar-refractivity contribution in [1.82, 2.24) is 15.8 Å². The number of alkyl carbamates (subject to hydrolysis) is 1. The number of halogens is 1. The minimum Gasteiger partial charge on any atom is -0.445 e. The normalized spacial score (nSPS) is 11.1. The summed E-state index contributed by atoms with van der Waals surface area (Å²) in [5, 5.41) is 3.43. The van der Waals surface area contributed by atoms with Gasteiger partial charge in [-0.2, -0.15) is 13.5 Å². The largest absolute Gasteiger partial charge is 0.445 e. The highest BCUT2D eigenvalue weighted by Gasteiger charge is 2.26. The summed E-state index contributed by atoms with van der Waals surface area (Å²) < 4.78 is 5.15. The van der Waals surface area contributed by atoms with Crippen LogP contribution in [0.15, 0.2) is 30.3 Å². The summed E-state index contributed by atoms with van der Waals surface area (Å²) in [7, 11) is 0. The van der Waals surface area contributed by atoms with Gasteiger partial charge < -0.3 is 15.8 Å². The molecule has 0 aliphatic heterocycles. The predicted octanol–water partition coefficient (Wildman–Crippen LogP) is 1.41. The maximum Gasteiger partial charge on any atom is 0.408 e. The van der Waals surface area contributed by atoms with E-state index < -0.39 is 29.9 Å². The van der Waals surface area contributed by atoms with Gasteiger partial charge in [-0.25, -0.2) is 4.79 Å². The molecule has 0 saturated heterocycles. The minimum absolute atomic E-state index is 0. The van der Waals surface area contributed by atoms with E-state index in [0.717, 1.165) is 10.6 Å². The first-order valence-electron chi connectivity index (χ1n) is 9.15. The molecule has 11 heteroatoms. The number of benzene rings is 1. The van der Waals surface area contributed by atoms with Gasteiger partial charge in [-0.1, -0.05) is 44.2 Å². The summed E-state index contributed by atoms with van der Waals surface area (Å²) in [6, 6.07) is 8.15. The van der Waals surface area contributed by atoms with Crippen LogP contribution in [0.25, 0.3) is 0 Å². The number of nitrogens with two attached hydrogens (primary N) is 1. The Morgan fingerprint density at radius 3 is 2.33 bits per heavy atom. The van der Waals surface area contributed by atoms with Crippen molar-refractivity contribution in [2.75, 3.05) is 12.4 Å². The van der Waals surface area contributed by atoms with Crippen LogP contribution in [0.5, 0.6) is 0 Å². The molecule has 0 radical (unpaired) electrons. The zero-order chi connectivity index (χ0) is 21.8. The summed E-state index contributed by atoms with van der Waals surface area (Å²) in [6.07, 6.45) is -0.600. The van der Waals surface area contributed by atoms with Gasteiger partial charge in [0.1, 0.15) is 18.5 Å². The summed E-state index contributed by atoms with van der Waals surface area (Å²) in [4.78, 5) is 47.6. The first-order valence-corrected chi connectivity index (χ1v) is 9.68. The van der Waals surface area contributed by atoms with Crippen LogP contribution >= 0.6 is 25.1 Å². The molecular formula is C19H29ClN4O5S. The maximum absolute atomic E-state index is 12.6. The van der Waals surface area contributed by atoms with E-state index in [4.69, 9.17) is 22.1 Å². The van der Waals surface area contributed by atoms with Gasteiger partial charge in [0.25, 0.3) is 11.8 Å². The summed E-state index contributed by atoms with van der Waals surface area (Å²) in [5.74, 6) is -2.18. The highest BCUT2D eigenvalue weighted by Crippen LogP contribution is 2.07. The molecule has 168 valence electrons. The van der Waals surface area contributed by atoms with Gasteiger partial charge >= 0.3 is 6.09 Å². The molecule has 1 rings (SSSR count). The monoisotopic (exact) mass is 460 g/mol. The minimum atomic E-state index is -0.947. The molecule has 0 heterocycles. The standard InChI is InChI=1S/C19H27ClN4O5.H2S/c1-13(2)10-15(22-19(28)29-12-14-6-4-3-5-7-14)18(27)23-24(17(26)11-20)9-8-16(21)25;/h3-7,13,15H,8-12H2,1-2H3,(H2,21,25)(H,22,28)(H,23,27);1H2/t15-;/m0./s1. The van der Waals surface area contributed by atoms with Crippen molar-refractivity contribution >= 4 is 48.9 Å². The van der Waals surface area contributed by atoms with Crippen molar-refractivity contribution in [2.45, 2.75) is 39.3 Å². The maximum atomic E-state index is 12.6. The van der Waals surface area contributed by atoms with Crippen molar-refractivity contribution in [3.05, 3.63) is 35.9 Å². The van der Waals surface area contributed by atoms with Crippen LogP contribution in [-0.4, -0.2) is 47.3 Å². The van der Waals surface area contributed by atoms with Gasteiger partial charge in [0.2, 0.25) is 5.91 Å². The Morgan fingerprint density at radius 2 is 1.80 bits per heavy atom. The topological polar surface area (TPSA) is 131 Å². The average Bonchev–Trinajstić information content (AvgIpc) is 2.68. The van der Waals surface area contributed by atoms with Gasteiger partial charge in [-0.15, -0.1) is 11.6 Å². The Kier molecular flexibility index (Phi) is 13.3. The molecule has 0 aliphatic rings. The number of nitrogens with zero attached hydrogens (tertiary/aromatic N) is 1. The van der Waals surface area contributed by atoms with Crippen molar-refractivity contribution in [3.8, 4) is 0 Å². The Bertz CT molecular complexity index is 705. The van der Waals surface area contributed by atoms with Crippen LogP contribution in [0.1, 0.15) is 32.3 Å². The van der Waals surface area contributed by atoms with E-state index in [0.29, 0.717) is 6.42 Å². The summed E-state index contributed by atoms with van der Waals surface area (Å²) >= 11 is 5.54. The zero-order valence-electron chi connectivity index (χ0n) is 17.0. The van der Waals surface area contributed by atoms with E-state index in [1.54, 1.807) is 12.1 Å². The predicted molar refractivity (Wildman–Crippen MR) is 118 cm³/mol. The number of ether oxygens (including phenoxy) is 1. The molecule has 0 fully saturated rings. The van der Waals surface area contributed by atoms with Gasteiger partial charge in [0, 0.05) is 6.42 Å². The first kappa shape index (κ1) is 27.5. The SMILES string of the molecule is CC(C)C[C@H](NC(=O)OCc1ccccc1)C(=O)NN(CCC(N)=O)C(=O)CCl.S. The molecule has 30 heavy (non-hydrogen) atoms. The fourth-order valence-corrected chi connectivity index (χ4v) is 2.50. The average molecular weight is 461 g/mol. The molecule has 9 nitrogen and oxygen atoms in total. The van der Waals surface area contributed by atoms with Crippen LogP contribution in [0.3, 0.4) is 0 Å². The Balaban J connectivity index is 0.00000841. The number of rotatable bonds is 10. The number of alkyl halides is 1. The lowest BCUT2D eigenvalue weighted by Crippen LogP contribution is -2.55. The molecule has 4 N–H and O–H groups in total. The number of carbonyl (C=O) groups excluding carboxylic acids is 4.